The Labute approximate surface area is 150 Å². The van der Waals surface area contributed by atoms with Crippen molar-refractivity contribution in [3.63, 3.8) is 0 Å². The van der Waals surface area contributed by atoms with Crippen LogP contribution in [0.1, 0.15) is 13.3 Å². The lowest BCUT2D eigenvalue weighted by Crippen LogP contribution is -2.39. The van der Waals surface area contributed by atoms with E-state index in [9.17, 15) is 14.0 Å². The van der Waals surface area contributed by atoms with E-state index in [-0.39, 0.29) is 18.4 Å². The van der Waals surface area contributed by atoms with Crippen molar-refractivity contribution in [2.75, 3.05) is 23.4 Å². The van der Waals surface area contributed by atoms with Gasteiger partial charge in [0.2, 0.25) is 5.91 Å². The number of hydrogen-bond donors (Lipinski definition) is 2. The van der Waals surface area contributed by atoms with Crippen molar-refractivity contribution >= 4 is 23.3 Å². The van der Waals surface area contributed by atoms with Crippen LogP contribution in [0.2, 0.25) is 0 Å². The summed E-state index contributed by atoms with van der Waals surface area (Å²) in [6, 6.07) is 12.1. The first-order valence-corrected chi connectivity index (χ1v) is 8.41. The molecule has 1 atom stereocenters. The molecular formula is C19H20FN3O3. The van der Waals surface area contributed by atoms with Gasteiger partial charge in [-0.2, -0.15) is 0 Å². The molecule has 26 heavy (non-hydrogen) atoms. The number of hydrogen-bond acceptors (Lipinski definition) is 3. The molecule has 7 heteroatoms. The first-order chi connectivity index (χ1) is 12.5. The van der Waals surface area contributed by atoms with Crippen LogP contribution in [0.25, 0.3) is 0 Å². The molecule has 0 aromatic heterocycles. The van der Waals surface area contributed by atoms with Gasteiger partial charge < -0.3 is 20.3 Å². The fourth-order valence-corrected chi connectivity index (χ4v) is 2.85. The van der Waals surface area contributed by atoms with Gasteiger partial charge in [-0.3, -0.25) is 4.79 Å². The first kappa shape index (κ1) is 17.7. The molecule has 3 rings (SSSR count). The van der Waals surface area contributed by atoms with Crippen molar-refractivity contribution in [3.8, 4) is 5.75 Å². The van der Waals surface area contributed by atoms with E-state index >= 15 is 0 Å². The summed E-state index contributed by atoms with van der Waals surface area (Å²) in [5, 5.41) is 5.50. The minimum absolute atomic E-state index is 0.151. The second-order valence-corrected chi connectivity index (χ2v) is 5.94. The van der Waals surface area contributed by atoms with Gasteiger partial charge in [0.1, 0.15) is 11.6 Å². The summed E-state index contributed by atoms with van der Waals surface area (Å²) in [5.41, 5.74) is 1.11. The number of benzene rings is 2. The van der Waals surface area contributed by atoms with Crippen molar-refractivity contribution in [2.45, 2.75) is 19.4 Å². The normalized spacial score (nSPS) is 16.5. The van der Waals surface area contributed by atoms with Crippen LogP contribution < -0.4 is 20.3 Å². The van der Waals surface area contributed by atoms with E-state index in [4.69, 9.17) is 4.74 Å². The summed E-state index contributed by atoms with van der Waals surface area (Å²) in [5.74, 6) is 0.174. The molecule has 1 unspecified atom stereocenters. The summed E-state index contributed by atoms with van der Waals surface area (Å²) >= 11 is 0. The first-order valence-electron chi connectivity index (χ1n) is 8.41. The van der Waals surface area contributed by atoms with Gasteiger partial charge in [0.15, 0.2) is 0 Å². The molecular weight excluding hydrogens is 337 g/mol. The molecule has 1 aliphatic rings. The number of rotatable bonds is 5. The summed E-state index contributed by atoms with van der Waals surface area (Å²) < 4.78 is 18.7. The van der Waals surface area contributed by atoms with Crippen molar-refractivity contribution in [1.82, 2.24) is 5.32 Å². The minimum atomic E-state index is -0.403. The molecule has 1 fully saturated rings. The van der Waals surface area contributed by atoms with Gasteiger partial charge in [0.05, 0.1) is 12.6 Å². The van der Waals surface area contributed by atoms with Crippen molar-refractivity contribution in [3.05, 3.63) is 54.3 Å². The Morgan fingerprint density at radius 2 is 2.04 bits per heavy atom. The summed E-state index contributed by atoms with van der Waals surface area (Å²) in [6.07, 6.45) is 0.174. The maximum atomic E-state index is 13.3. The van der Waals surface area contributed by atoms with Crippen LogP contribution in [-0.2, 0) is 4.79 Å². The summed E-state index contributed by atoms with van der Waals surface area (Å²) in [7, 11) is 0. The van der Waals surface area contributed by atoms with Crippen molar-refractivity contribution in [1.29, 1.82) is 0 Å². The predicted molar refractivity (Wildman–Crippen MR) is 96.9 cm³/mol. The highest BCUT2D eigenvalue weighted by Crippen LogP contribution is 2.22. The second-order valence-electron chi connectivity index (χ2n) is 5.94. The van der Waals surface area contributed by atoms with Gasteiger partial charge >= 0.3 is 6.03 Å². The Morgan fingerprint density at radius 1 is 1.27 bits per heavy atom. The molecule has 6 nitrogen and oxygen atoms in total. The number of carbonyl (C=O) groups excluding carboxylic acids is 2. The number of amides is 3. The number of ether oxygens (including phenoxy) is 1. The molecule has 2 aromatic rings. The van der Waals surface area contributed by atoms with E-state index < -0.39 is 11.8 Å². The molecule has 3 amide bonds. The van der Waals surface area contributed by atoms with Gasteiger partial charge in [0, 0.05) is 24.3 Å². The second kappa shape index (κ2) is 7.86. The molecule has 2 N–H and O–H groups in total. The average Bonchev–Trinajstić information content (AvgIpc) is 2.97. The summed E-state index contributed by atoms with van der Waals surface area (Å²) in [6.45, 7) is 2.78. The molecule has 0 bridgehead atoms. The Morgan fingerprint density at radius 3 is 2.73 bits per heavy atom. The molecule has 0 spiro atoms. The average molecular weight is 357 g/mol. The highest BCUT2D eigenvalue weighted by atomic mass is 19.1. The minimum Gasteiger partial charge on any atom is -0.494 e. The van der Waals surface area contributed by atoms with E-state index in [1.165, 1.54) is 17.0 Å². The van der Waals surface area contributed by atoms with Crippen LogP contribution in [0.15, 0.2) is 48.5 Å². The number of nitrogens with one attached hydrogen (secondary N) is 2. The Bertz CT molecular complexity index is 795. The van der Waals surface area contributed by atoms with Gasteiger partial charge in [0.25, 0.3) is 0 Å². The van der Waals surface area contributed by atoms with E-state index in [0.717, 1.165) is 5.75 Å². The zero-order valence-electron chi connectivity index (χ0n) is 14.4. The third-order valence-electron chi connectivity index (χ3n) is 4.00. The SMILES string of the molecule is CCOc1ccc(NC(=O)NC2CC(=O)N(c3cccc(F)c3)C2)cc1. The number of nitrogens with zero attached hydrogens (tertiary/aromatic N) is 1. The zero-order chi connectivity index (χ0) is 18.5. The van der Waals surface area contributed by atoms with Crippen LogP contribution >= 0.6 is 0 Å². The molecule has 1 aliphatic heterocycles. The lowest BCUT2D eigenvalue weighted by Gasteiger charge is -2.17. The third kappa shape index (κ3) is 4.30. The molecule has 0 aliphatic carbocycles. The lowest BCUT2D eigenvalue weighted by molar-refractivity contribution is -0.117. The number of anilines is 2. The summed E-state index contributed by atoms with van der Waals surface area (Å²) in [4.78, 5) is 25.8. The standard InChI is InChI=1S/C19H20FN3O3/c1-2-26-17-8-6-14(7-9-17)21-19(25)22-15-11-18(24)23(12-15)16-5-3-4-13(20)10-16/h3-10,15H,2,11-12H2,1H3,(H2,21,22,25). The van der Waals surface area contributed by atoms with Crippen molar-refractivity contribution in [2.24, 2.45) is 0 Å². The number of urea groups is 1. The van der Waals surface area contributed by atoms with Crippen LogP contribution in [0.5, 0.6) is 5.75 Å². The maximum Gasteiger partial charge on any atom is 0.319 e. The highest BCUT2D eigenvalue weighted by Gasteiger charge is 2.31. The largest absolute Gasteiger partial charge is 0.494 e. The van der Waals surface area contributed by atoms with Gasteiger partial charge in [-0.25, -0.2) is 9.18 Å². The quantitative estimate of drug-likeness (QED) is 0.864. The molecule has 1 heterocycles. The van der Waals surface area contributed by atoms with E-state index in [1.807, 2.05) is 6.92 Å². The smallest absolute Gasteiger partial charge is 0.319 e. The maximum absolute atomic E-state index is 13.3. The van der Waals surface area contributed by atoms with Crippen LogP contribution in [-0.4, -0.2) is 31.1 Å². The van der Waals surface area contributed by atoms with Gasteiger partial charge in [-0.05, 0) is 49.4 Å². The fourth-order valence-electron chi connectivity index (χ4n) is 2.85. The Kier molecular flexibility index (Phi) is 5.36. The van der Waals surface area contributed by atoms with E-state index in [1.54, 1.807) is 36.4 Å². The molecule has 0 radical (unpaired) electrons. The Balaban J connectivity index is 1.56. The molecule has 2 aromatic carbocycles. The zero-order valence-corrected chi connectivity index (χ0v) is 14.4. The number of carbonyl (C=O) groups is 2. The lowest BCUT2D eigenvalue weighted by atomic mass is 10.2. The van der Waals surface area contributed by atoms with Crippen LogP contribution in [0.4, 0.5) is 20.6 Å². The topological polar surface area (TPSA) is 70.7 Å². The van der Waals surface area contributed by atoms with Crippen LogP contribution in [0, 0.1) is 5.82 Å². The molecule has 0 saturated carbocycles. The monoisotopic (exact) mass is 357 g/mol. The van der Waals surface area contributed by atoms with Gasteiger partial charge in [-0.1, -0.05) is 6.07 Å². The highest BCUT2D eigenvalue weighted by molar-refractivity contribution is 5.97. The third-order valence-corrected chi connectivity index (χ3v) is 4.00. The molecule has 136 valence electrons. The van der Waals surface area contributed by atoms with Crippen molar-refractivity contribution < 1.29 is 18.7 Å². The predicted octanol–water partition coefficient (Wildman–Crippen LogP) is 3.15. The Hall–Kier alpha value is -3.09. The molecule has 1 saturated heterocycles. The van der Waals surface area contributed by atoms with Crippen LogP contribution in [0.3, 0.4) is 0 Å². The fraction of sp³-hybridized carbons (Fsp3) is 0.263. The van der Waals surface area contributed by atoms with E-state index in [0.29, 0.717) is 24.5 Å². The van der Waals surface area contributed by atoms with E-state index in [2.05, 4.69) is 10.6 Å². The van der Waals surface area contributed by atoms with Gasteiger partial charge in [-0.15, -0.1) is 0 Å². The number of halogens is 1.